The molecular formula is C16H16FN3O2S. The van der Waals surface area contributed by atoms with Crippen molar-refractivity contribution >= 4 is 23.1 Å². The number of hydrogen-bond acceptors (Lipinski definition) is 5. The Labute approximate surface area is 137 Å². The molecule has 0 aliphatic carbocycles. The van der Waals surface area contributed by atoms with Crippen LogP contribution in [0, 0.1) is 12.7 Å². The second kappa shape index (κ2) is 5.73. The van der Waals surface area contributed by atoms with Crippen molar-refractivity contribution in [2.75, 3.05) is 0 Å². The molecule has 0 spiro atoms. The highest BCUT2D eigenvalue weighted by atomic mass is 32.1. The van der Waals surface area contributed by atoms with Crippen LogP contribution in [0.15, 0.2) is 34.8 Å². The normalized spacial score (nSPS) is 17.0. The van der Waals surface area contributed by atoms with Gasteiger partial charge in [-0.2, -0.15) is 0 Å². The summed E-state index contributed by atoms with van der Waals surface area (Å²) in [5.41, 5.74) is 0.186. The number of rotatable bonds is 3. The van der Waals surface area contributed by atoms with Crippen molar-refractivity contribution in [3.8, 4) is 0 Å². The molecule has 1 aliphatic rings. The average molecular weight is 333 g/mol. The summed E-state index contributed by atoms with van der Waals surface area (Å²) >= 11 is 1.51. The van der Waals surface area contributed by atoms with Crippen molar-refractivity contribution in [2.24, 2.45) is 5.16 Å². The number of oxime groups is 1. The van der Waals surface area contributed by atoms with Gasteiger partial charge in [0.15, 0.2) is 5.84 Å². The van der Waals surface area contributed by atoms with Gasteiger partial charge in [-0.15, -0.1) is 11.3 Å². The minimum Gasteiger partial charge on any atom is -0.378 e. The first-order valence-electron chi connectivity index (χ1n) is 7.12. The quantitative estimate of drug-likeness (QED) is 0.867. The Morgan fingerprint density at radius 1 is 1.39 bits per heavy atom. The molecule has 2 aromatic rings. The van der Waals surface area contributed by atoms with E-state index in [0.717, 1.165) is 10.7 Å². The molecule has 120 valence electrons. The standard InChI is InChI=1S/C16H16FN3O2S/c1-10-18-13(9-23-10)8-20-14(11-5-4-6-12(17)7-11)19-22-16(2,3)15(20)21/h4-7,9H,8H2,1-3H3. The Kier molecular flexibility index (Phi) is 3.89. The molecule has 0 unspecified atom stereocenters. The van der Waals surface area contributed by atoms with Gasteiger partial charge in [0.25, 0.3) is 5.91 Å². The van der Waals surface area contributed by atoms with Crippen LogP contribution in [0.25, 0.3) is 0 Å². The lowest BCUT2D eigenvalue weighted by Crippen LogP contribution is -2.52. The molecular weight excluding hydrogens is 317 g/mol. The van der Waals surface area contributed by atoms with Crippen LogP contribution in [-0.2, 0) is 16.2 Å². The summed E-state index contributed by atoms with van der Waals surface area (Å²) in [6.45, 7) is 5.48. The van der Waals surface area contributed by atoms with Crippen LogP contribution in [0.1, 0.15) is 30.1 Å². The molecule has 0 N–H and O–H groups in total. The molecule has 1 aliphatic heterocycles. The minimum atomic E-state index is -1.07. The SMILES string of the molecule is Cc1nc(CN2C(=O)C(C)(C)ON=C2c2cccc(F)c2)cs1. The van der Waals surface area contributed by atoms with E-state index in [2.05, 4.69) is 10.1 Å². The van der Waals surface area contributed by atoms with E-state index < -0.39 is 11.4 Å². The van der Waals surface area contributed by atoms with E-state index in [4.69, 9.17) is 4.84 Å². The van der Waals surface area contributed by atoms with Gasteiger partial charge in [-0.3, -0.25) is 9.69 Å². The van der Waals surface area contributed by atoms with Gasteiger partial charge >= 0.3 is 0 Å². The molecule has 3 rings (SSSR count). The number of carbonyl (C=O) groups is 1. The highest BCUT2D eigenvalue weighted by Gasteiger charge is 2.41. The number of amidine groups is 1. The zero-order valence-electron chi connectivity index (χ0n) is 13.0. The van der Waals surface area contributed by atoms with Crippen LogP contribution in [0.4, 0.5) is 4.39 Å². The van der Waals surface area contributed by atoms with E-state index in [1.807, 2.05) is 12.3 Å². The molecule has 0 radical (unpaired) electrons. The molecule has 23 heavy (non-hydrogen) atoms. The van der Waals surface area contributed by atoms with E-state index in [1.54, 1.807) is 26.0 Å². The highest BCUT2D eigenvalue weighted by molar-refractivity contribution is 7.09. The van der Waals surface area contributed by atoms with Crippen molar-refractivity contribution in [3.05, 3.63) is 51.7 Å². The van der Waals surface area contributed by atoms with Crippen molar-refractivity contribution in [3.63, 3.8) is 0 Å². The van der Waals surface area contributed by atoms with Gasteiger partial charge in [0.2, 0.25) is 5.60 Å². The lowest BCUT2D eigenvalue weighted by atomic mass is 10.1. The maximum atomic E-state index is 13.5. The third-order valence-electron chi connectivity index (χ3n) is 3.45. The zero-order chi connectivity index (χ0) is 16.6. The number of aryl methyl sites for hydroxylation is 1. The fraction of sp³-hybridized carbons (Fsp3) is 0.312. The molecule has 1 aromatic heterocycles. The van der Waals surface area contributed by atoms with Gasteiger partial charge in [0.1, 0.15) is 5.82 Å². The van der Waals surface area contributed by atoms with Gasteiger partial charge in [0, 0.05) is 10.9 Å². The van der Waals surface area contributed by atoms with Gasteiger partial charge in [-0.05, 0) is 32.9 Å². The molecule has 1 amide bonds. The van der Waals surface area contributed by atoms with Crippen molar-refractivity contribution in [2.45, 2.75) is 32.9 Å². The first kappa shape index (κ1) is 15.6. The van der Waals surface area contributed by atoms with E-state index in [-0.39, 0.29) is 12.5 Å². The number of benzene rings is 1. The topological polar surface area (TPSA) is 54.8 Å². The fourth-order valence-electron chi connectivity index (χ4n) is 2.29. The average Bonchev–Trinajstić information content (AvgIpc) is 2.89. The van der Waals surface area contributed by atoms with E-state index in [1.165, 1.54) is 28.4 Å². The monoisotopic (exact) mass is 333 g/mol. The smallest absolute Gasteiger partial charge is 0.275 e. The van der Waals surface area contributed by atoms with Crippen LogP contribution in [-0.4, -0.2) is 27.2 Å². The Morgan fingerprint density at radius 3 is 2.83 bits per heavy atom. The van der Waals surface area contributed by atoms with E-state index in [0.29, 0.717) is 11.4 Å². The Morgan fingerprint density at radius 2 is 2.17 bits per heavy atom. The first-order chi connectivity index (χ1) is 10.9. The number of nitrogens with zero attached hydrogens (tertiary/aromatic N) is 3. The number of carbonyl (C=O) groups excluding carboxylic acids is 1. The summed E-state index contributed by atoms with van der Waals surface area (Å²) in [6, 6.07) is 5.93. The van der Waals surface area contributed by atoms with Crippen LogP contribution < -0.4 is 0 Å². The number of amides is 1. The summed E-state index contributed by atoms with van der Waals surface area (Å²) < 4.78 is 13.5. The van der Waals surface area contributed by atoms with Gasteiger partial charge in [0.05, 0.1) is 17.2 Å². The van der Waals surface area contributed by atoms with Gasteiger partial charge in [-0.25, -0.2) is 9.37 Å². The number of hydrogen-bond donors (Lipinski definition) is 0. The molecule has 0 bridgehead atoms. The highest BCUT2D eigenvalue weighted by Crippen LogP contribution is 2.25. The third-order valence-corrected chi connectivity index (χ3v) is 4.27. The fourth-order valence-corrected chi connectivity index (χ4v) is 2.90. The molecule has 1 aromatic carbocycles. The van der Waals surface area contributed by atoms with Crippen LogP contribution in [0.3, 0.4) is 0 Å². The molecule has 0 saturated heterocycles. The van der Waals surface area contributed by atoms with Gasteiger partial charge < -0.3 is 4.84 Å². The lowest BCUT2D eigenvalue weighted by molar-refractivity contribution is -0.154. The minimum absolute atomic E-state index is 0.239. The second-order valence-electron chi connectivity index (χ2n) is 5.78. The number of halogens is 1. The molecule has 7 heteroatoms. The molecule has 0 atom stereocenters. The summed E-state index contributed by atoms with van der Waals surface area (Å²) in [7, 11) is 0. The molecule has 5 nitrogen and oxygen atoms in total. The zero-order valence-corrected chi connectivity index (χ0v) is 13.9. The molecule has 0 saturated carbocycles. The molecule has 0 fully saturated rings. The molecule has 2 heterocycles. The number of aromatic nitrogens is 1. The van der Waals surface area contributed by atoms with Crippen LogP contribution in [0.2, 0.25) is 0 Å². The maximum Gasteiger partial charge on any atom is 0.275 e. The van der Waals surface area contributed by atoms with Crippen LogP contribution >= 0.6 is 11.3 Å². The van der Waals surface area contributed by atoms with E-state index in [9.17, 15) is 9.18 Å². The predicted octanol–water partition coefficient (Wildman–Crippen LogP) is 3.09. The Balaban J connectivity index is 2.00. The maximum absolute atomic E-state index is 13.5. The summed E-state index contributed by atoms with van der Waals surface area (Å²) in [6.07, 6.45) is 0. The van der Waals surface area contributed by atoms with E-state index >= 15 is 0 Å². The predicted molar refractivity (Wildman–Crippen MR) is 85.5 cm³/mol. The van der Waals surface area contributed by atoms with Crippen molar-refractivity contribution in [1.82, 2.24) is 9.88 Å². The summed E-state index contributed by atoms with van der Waals surface area (Å²) in [4.78, 5) is 23.9. The summed E-state index contributed by atoms with van der Waals surface area (Å²) in [5, 5.41) is 6.88. The van der Waals surface area contributed by atoms with Crippen molar-refractivity contribution < 1.29 is 14.0 Å². The Bertz CT molecular complexity index is 785. The second-order valence-corrected chi connectivity index (χ2v) is 6.84. The van der Waals surface area contributed by atoms with Crippen LogP contribution in [0.5, 0.6) is 0 Å². The third kappa shape index (κ3) is 3.10. The first-order valence-corrected chi connectivity index (χ1v) is 8.00. The lowest BCUT2D eigenvalue weighted by Gasteiger charge is -2.34. The van der Waals surface area contributed by atoms with Gasteiger partial charge in [-0.1, -0.05) is 17.3 Å². The Hall–Kier alpha value is -2.28. The number of thiazole rings is 1. The largest absolute Gasteiger partial charge is 0.378 e. The van der Waals surface area contributed by atoms with Crippen molar-refractivity contribution in [1.29, 1.82) is 0 Å². The summed E-state index contributed by atoms with van der Waals surface area (Å²) in [5.74, 6) is -0.344.